The Morgan fingerprint density at radius 1 is 1.40 bits per heavy atom. The molecule has 4 nitrogen and oxygen atoms in total. The van der Waals surface area contributed by atoms with Gasteiger partial charge >= 0.3 is 0 Å². The third-order valence-corrected chi connectivity index (χ3v) is 2.56. The normalized spacial score (nSPS) is 11.7. The second-order valence-electron chi connectivity index (χ2n) is 2.95. The van der Waals surface area contributed by atoms with Crippen molar-refractivity contribution in [1.29, 1.82) is 0 Å². The zero-order valence-corrected chi connectivity index (χ0v) is 8.90. The van der Waals surface area contributed by atoms with Gasteiger partial charge in [-0.25, -0.2) is 15.0 Å². The molecule has 0 aliphatic heterocycles. The van der Waals surface area contributed by atoms with Gasteiger partial charge in [-0.15, -0.1) is 11.3 Å². The average molecular weight is 219 g/mol. The van der Waals surface area contributed by atoms with Crippen LogP contribution in [0.1, 0.15) is 16.4 Å². The molecule has 0 amide bonds. The van der Waals surface area contributed by atoms with Crippen LogP contribution in [0.25, 0.3) is 11.8 Å². The lowest BCUT2D eigenvalue weighted by Gasteiger charge is -1.96. The fourth-order valence-corrected chi connectivity index (χ4v) is 1.66. The van der Waals surface area contributed by atoms with E-state index in [-0.39, 0.29) is 5.76 Å². The summed E-state index contributed by atoms with van der Waals surface area (Å²) in [5.74, 6) is 0.128. The van der Waals surface area contributed by atoms with Crippen LogP contribution in [0.2, 0.25) is 0 Å². The smallest absolute Gasteiger partial charge is 0.158 e. The van der Waals surface area contributed by atoms with Crippen molar-refractivity contribution in [3.05, 3.63) is 40.4 Å². The number of aliphatic hydroxyl groups excluding tert-OH is 1. The first-order valence-corrected chi connectivity index (χ1v) is 5.23. The zero-order chi connectivity index (χ0) is 10.7. The standard InChI is InChI=1S/C10H9N3OS/c1-7-4-8(13-6-12-7)5-9(14)10-11-2-3-15-10/h2-6,14H,1H3/b9-5-. The van der Waals surface area contributed by atoms with Gasteiger partial charge in [0.25, 0.3) is 0 Å². The van der Waals surface area contributed by atoms with Crippen molar-refractivity contribution in [2.75, 3.05) is 0 Å². The Kier molecular flexibility index (Phi) is 2.73. The van der Waals surface area contributed by atoms with E-state index < -0.39 is 0 Å². The van der Waals surface area contributed by atoms with E-state index in [1.165, 1.54) is 17.7 Å². The van der Waals surface area contributed by atoms with Crippen LogP contribution < -0.4 is 0 Å². The van der Waals surface area contributed by atoms with Crippen LogP contribution in [0.5, 0.6) is 0 Å². The number of rotatable bonds is 2. The average Bonchev–Trinajstić information content (AvgIpc) is 2.70. The van der Waals surface area contributed by atoms with Gasteiger partial charge in [0.05, 0.1) is 5.69 Å². The highest BCUT2D eigenvalue weighted by Gasteiger charge is 2.02. The fourth-order valence-electron chi connectivity index (χ4n) is 1.11. The van der Waals surface area contributed by atoms with E-state index in [4.69, 9.17) is 0 Å². The number of aliphatic hydroxyl groups is 1. The molecule has 1 N–H and O–H groups in total. The quantitative estimate of drug-likeness (QED) is 0.787. The number of nitrogens with zero attached hydrogens (tertiary/aromatic N) is 3. The molecule has 0 aliphatic rings. The minimum Gasteiger partial charge on any atom is -0.505 e. The molecule has 0 saturated heterocycles. The van der Waals surface area contributed by atoms with Crippen molar-refractivity contribution in [1.82, 2.24) is 15.0 Å². The van der Waals surface area contributed by atoms with Crippen molar-refractivity contribution in [2.45, 2.75) is 6.92 Å². The van der Waals surface area contributed by atoms with Crippen molar-refractivity contribution >= 4 is 23.2 Å². The van der Waals surface area contributed by atoms with Crippen molar-refractivity contribution < 1.29 is 5.11 Å². The van der Waals surface area contributed by atoms with Gasteiger partial charge in [-0.2, -0.15) is 0 Å². The summed E-state index contributed by atoms with van der Waals surface area (Å²) in [6.45, 7) is 1.87. The first kappa shape index (κ1) is 9.79. The molecule has 2 aromatic rings. The topological polar surface area (TPSA) is 58.9 Å². The maximum atomic E-state index is 9.70. The molecule has 0 saturated carbocycles. The first-order chi connectivity index (χ1) is 7.25. The number of thiazole rings is 1. The molecular weight excluding hydrogens is 210 g/mol. The summed E-state index contributed by atoms with van der Waals surface area (Å²) in [6, 6.07) is 1.80. The molecule has 2 heterocycles. The van der Waals surface area contributed by atoms with E-state index in [0.29, 0.717) is 10.7 Å². The summed E-state index contributed by atoms with van der Waals surface area (Å²) in [5.41, 5.74) is 1.54. The Hall–Kier alpha value is -1.75. The predicted molar refractivity (Wildman–Crippen MR) is 59.4 cm³/mol. The third kappa shape index (κ3) is 2.38. The molecule has 0 radical (unpaired) electrons. The summed E-state index contributed by atoms with van der Waals surface area (Å²) < 4.78 is 0. The second-order valence-corrected chi connectivity index (χ2v) is 3.85. The summed E-state index contributed by atoms with van der Waals surface area (Å²) >= 11 is 1.38. The molecule has 5 heteroatoms. The van der Waals surface area contributed by atoms with Crippen molar-refractivity contribution in [3.63, 3.8) is 0 Å². The molecule has 0 atom stereocenters. The molecule has 2 aromatic heterocycles. The van der Waals surface area contributed by atoms with E-state index in [9.17, 15) is 5.11 Å². The lowest BCUT2D eigenvalue weighted by Crippen LogP contribution is -1.88. The maximum absolute atomic E-state index is 9.70. The molecule has 0 spiro atoms. The second kappa shape index (κ2) is 4.18. The van der Waals surface area contributed by atoms with Crippen LogP contribution in [0, 0.1) is 6.92 Å². The van der Waals surface area contributed by atoms with Crippen LogP contribution in [-0.2, 0) is 0 Å². The van der Waals surface area contributed by atoms with E-state index >= 15 is 0 Å². The summed E-state index contributed by atoms with van der Waals surface area (Å²) in [6.07, 6.45) is 4.69. The summed E-state index contributed by atoms with van der Waals surface area (Å²) in [4.78, 5) is 12.0. The van der Waals surface area contributed by atoms with Gasteiger partial charge in [0.15, 0.2) is 10.8 Å². The van der Waals surface area contributed by atoms with E-state index in [1.54, 1.807) is 18.3 Å². The SMILES string of the molecule is Cc1cc(/C=C(\O)c2nccs2)ncn1. The molecule has 0 bridgehead atoms. The molecule has 2 rings (SSSR count). The number of hydrogen-bond donors (Lipinski definition) is 1. The fraction of sp³-hybridized carbons (Fsp3) is 0.100. The first-order valence-electron chi connectivity index (χ1n) is 4.35. The van der Waals surface area contributed by atoms with Crippen LogP contribution >= 0.6 is 11.3 Å². The highest BCUT2D eigenvalue weighted by Crippen LogP contribution is 2.16. The zero-order valence-electron chi connectivity index (χ0n) is 8.08. The van der Waals surface area contributed by atoms with Gasteiger partial charge in [-0.05, 0) is 13.0 Å². The Bertz CT molecular complexity index is 479. The third-order valence-electron chi connectivity index (χ3n) is 1.76. The van der Waals surface area contributed by atoms with E-state index in [1.807, 2.05) is 12.3 Å². The van der Waals surface area contributed by atoms with Gasteiger partial charge in [0, 0.05) is 23.3 Å². The Labute approximate surface area is 91.0 Å². The van der Waals surface area contributed by atoms with Crippen molar-refractivity contribution in [3.8, 4) is 0 Å². The van der Waals surface area contributed by atoms with Gasteiger partial charge < -0.3 is 5.11 Å². The molecule has 0 aromatic carbocycles. The Morgan fingerprint density at radius 3 is 2.93 bits per heavy atom. The summed E-state index contributed by atoms with van der Waals surface area (Å²) in [5, 5.41) is 12.1. The Balaban J connectivity index is 2.31. The highest BCUT2D eigenvalue weighted by molar-refractivity contribution is 7.10. The molecule has 0 unspecified atom stereocenters. The largest absolute Gasteiger partial charge is 0.505 e. The number of hydrogen-bond acceptors (Lipinski definition) is 5. The van der Waals surface area contributed by atoms with Crippen molar-refractivity contribution in [2.24, 2.45) is 0 Å². The predicted octanol–water partition coefficient (Wildman–Crippen LogP) is 2.30. The molecule has 0 aliphatic carbocycles. The van der Waals surface area contributed by atoms with Crippen LogP contribution in [-0.4, -0.2) is 20.1 Å². The van der Waals surface area contributed by atoms with Gasteiger partial charge in [-0.1, -0.05) is 0 Å². The maximum Gasteiger partial charge on any atom is 0.158 e. The monoisotopic (exact) mass is 219 g/mol. The lowest BCUT2D eigenvalue weighted by molar-refractivity contribution is 0.514. The lowest BCUT2D eigenvalue weighted by atomic mass is 10.3. The highest BCUT2D eigenvalue weighted by atomic mass is 32.1. The van der Waals surface area contributed by atoms with E-state index in [2.05, 4.69) is 15.0 Å². The molecule has 15 heavy (non-hydrogen) atoms. The summed E-state index contributed by atoms with van der Waals surface area (Å²) in [7, 11) is 0. The Morgan fingerprint density at radius 2 is 2.27 bits per heavy atom. The molecule has 76 valence electrons. The van der Waals surface area contributed by atoms with Gasteiger partial charge in [0.1, 0.15) is 6.33 Å². The van der Waals surface area contributed by atoms with E-state index in [0.717, 1.165) is 5.69 Å². The van der Waals surface area contributed by atoms with Crippen LogP contribution in [0.15, 0.2) is 24.0 Å². The molecular formula is C10H9N3OS. The minimum absolute atomic E-state index is 0.128. The number of aryl methyl sites for hydroxylation is 1. The van der Waals surface area contributed by atoms with Crippen LogP contribution in [0.4, 0.5) is 0 Å². The van der Waals surface area contributed by atoms with Crippen LogP contribution in [0.3, 0.4) is 0 Å². The molecule has 0 fully saturated rings. The van der Waals surface area contributed by atoms with Gasteiger partial charge in [0.2, 0.25) is 0 Å². The van der Waals surface area contributed by atoms with Gasteiger partial charge in [-0.3, -0.25) is 0 Å². The number of aromatic nitrogens is 3. The minimum atomic E-state index is 0.128.